The van der Waals surface area contributed by atoms with Crippen molar-refractivity contribution in [2.75, 3.05) is 6.54 Å². The number of benzene rings is 3. The van der Waals surface area contributed by atoms with Crippen molar-refractivity contribution in [3.05, 3.63) is 106 Å². The van der Waals surface area contributed by atoms with Gasteiger partial charge in [0.1, 0.15) is 6.04 Å². The lowest BCUT2D eigenvalue weighted by atomic mass is 10.0. The van der Waals surface area contributed by atoms with Crippen molar-refractivity contribution in [3.8, 4) is 0 Å². The lowest BCUT2D eigenvalue weighted by Crippen LogP contribution is -2.50. The fourth-order valence-corrected chi connectivity index (χ4v) is 4.54. The molecule has 1 N–H and O–H groups in total. The highest BCUT2D eigenvalue weighted by atomic mass is 79.9. The normalized spacial score (nSPS) is 11.6. The van der Waals surface area contributed by atoms with Gasteiger partial charge < -0.3 is 10.2 Å². The number of hydrogen-bond acceptors (Lipinski definition) is 2. The molecule has 0 aromatic heterocycles. The third-order valence-electron chi connectivity index (χ3n) is 6.12. The third kappa shape index (κ3) is 8.36. The molecule has 0 aliphatic rings. The quantitative estimate of drug-likeness (QED) is 0.304. The fraction of sp³-hybridized carbons (Fsp3) is 0.333. The van der Waals surface area contributed by atoms with Crippen LogP contribution < -0.4 is 5.32 Å². The van der Waals surface area contributed by atoms with Gasteiger partial charge in [-0.05, 0) is 53.6 Å². The van der Waals surface area contributed by atoms with E-state index in [4.69, 9.17) is 0 Å². The van der Waals surface area contributed by atoms with Gasteiger partial charge in [-0.25, -0.2) is 0 Å². The zero-order valence-corrected chi connectivity index (χ0v) is 22.3. The number of amides is 2. The number of carbonyl (C=O) groups is 2. The summed E-state index contributed by atoms with van der Waals surface area (Å²) >= 11 is 3.53. The molecule has 184 valence electrons. The zero-order valence-electron chi connectivity index (χ0n) is 20.7. The zero-order chi connectivity index (χ0) is 25.0. The summed E-state index contributed by atoms with van der Waals surface area (Å²) in [5, 5.41) is 3.03. The van der Waals surface area contributed by atoms with Crippen LogP contribution in [-0.2, 0) is 35.4 Å². The maximum Gasteiger partial charge on any atom is 0.243 e. The Morgan fingerprint density at radius 1 is 0.857 bits per heavy atom. The Labute approximate surface area is 217 Å². The number of halogens is 1. The molecule has 2 amide bonds. The van der Waals surface area contributed by atoms with Crippen molar-refractivity contribution in [1.82, 2.24) is 10.2 Å². The van der Waals surface area contributed by atoms with Crippen molar-refractivity contribution in [1.29, 1.82) is 0 Å². The molecule has 35 heavy (non-hydrogen) atoms. The number of aryl methyl sites for hydroxylation is 2. The van der Waals surface area contributed by atoms with Crippen molar-refractivity contribution < 1.29 is 9.59 Å². The Balaban J connectivity index is 1.87. The summed E-state index contributed by atoms with van der Waals surface area (Å²) in [5.74, 6) is -0.122. The van der Waals surface area contributed by atoms with Gasteiger partial charge in [-0.2, -0.15) is 0 Å². The minimum atomic E-state index is -0.585. The van der Waals surface area contributed by atoms with Crippen LogP contribution in [0.25, 0.3) is 0 Å². The van der Waals surface area contributed by atoms with E-state index in [2.05, 4.69) is 52.4 Å². The highest BCUT2D eigenvalue weighted by Gasteiger charge is 2.30. The second kappa shape index (κ2) is 13.8. The van der Waals surface area contributed by atoms with Gasteiger partial charge in [-0.3, -0.25) is 9.59 Å². The van der Waals surface area contributed by atoms with E-state index in [0.29, 0.717) is 32.4 Å². The number of nitrogens with one attached hydrogen (secondary N) is 1. The molecule has 3 aromatic carbocycles. The molecule has 0 aliphatic carbocycles. The van der Waals surface area contributed by atoms with Crippen LogP contribution in [0.1, 0.15) is 48.9 Å². The topological polar surface area (TPSA) is 49.4 Å². The van der Waals surface area contributed by atoms with E-state index in [9.17, 15) is 9.59 Å². The predicted molar refractivity (Wildman–Crippen MR) is 146 cm³/mol. The molecule has 0 fully saturated rings. The van der Waals surface area contributed by atoms with Gasteiger partial charge in [-0.15, -0.1) is 0 Å². The van der Waals surface area contributed by atoms with Gasteiger partial charge in [0.15, 0.2) is 0 Å². The third-order valence-corrected chi connectivity index (χ3v) is 6.61. The van der Waals surface area contributed by atoms with Gasteiger partial charge in [0.2, 0.25) is 11.8 Å². The lowest BCUT2D eigenvalue weighted by molar-refractivity contribution is -0.141. The van der Waals surface area contributed by atoms with Crippen molar-refractivity contribution in [3.63, 3.8) is 0 Å². The molecule has 0 radical (unpaired) electrons. The van der Waals surface area contributed by atoms with E-state index in [1.165, 1.54) is 5.56 Å². The highest BCUT2D eigenvalue weighted by molar-refractivity contribution is 9.10. The first kappa shape index (κ1) is 26.7. The molecule has 5 heteroatoms. The second-order valence-corrected chi connectivity index (χ2v) is 9.73. The van der Waals surface area contributed by atoms with Crippen molar-refractivity contribution in [2.45, 2.75) is 58.5 Å². The summed E-state index contributed by atoms with van der Waals surface area (Å²) in [4.78, 5) is 28.8. The Kier molecular flexibility index (Phi) is 10.5. The molecular formula is C30H35BrN2O2. The van der Waals surface area contributed by atoms with Crippen LogP contribution in [0.15, 0.2) is 83.3 Å². The van der Waals surface area contributed by atoms with Crippen molar-refractivity contribution in [2.24, 2.45) is 0 Å². The Bertz CT molecular complexity index is 1080. The van der Waals surface area contributed by atoms with E-state index in [1.807, 2.05) is 61.5 Å². The van der Waals surface area contributed by atoms with Crippen LogP contribution in [0.4, 0.5) is 0 Å². The van der Waals surface area contributed by atoms with Gasteiger partial charge in [0, 0.05) is 30.4 Å². The average Bonchev–Trinajstić information content (AvgIpc) is 2.88. The maximum atomic E-state index is 13.7. The van der Waals surface area contributed by atoms with Crippen LogP contribution in [0.5, 0.6) is 0 Å². The van der Waals surface area contributed by atoms with Gasteiger partial charge in [0.25, 0.3) is 0 Å². The molecule has 3 aromatic rings. The van der Waals surface area contributed by atoms with E-state index >= 15 is 0 Å². The second-order valence-electron chi connectivity index (χ2n) is 8.82. The maximum absolute atomic E-state index is 13.7. The molecule has 1 atom stereocenters. The smallest absolute Gasteiger partial charge is 0.243 e. The largest absolute Gasteiger partial charge is 0.354 e. The monoisotopic (exact) mass is 534 g/mol. The van der Waals surface area contributed by atoms with E-state index in [1.54, 1.807) is 4.90 Å². The van der Waals surface area contributed by atoms with Gasteiger partial charge in [-0.1, -0.05) is 96.5 Å². The predicted octanol–water partition coefficient (Wildman–Crippen LogP) is 6.11. The first-order valence-electron chi connectivity index (χ1n) is 12.4. The molecule has 0 heterocycles. The standard InChI is InChI=1S/C30H35BrN2O2/c1-3-19-32-30(35)28(21-25-9-6-5-7-10-25)33(22-26-11-8-12-27(31)20-26)29(34)18-17-24-15-13-23(4-2)14-16-24/h5-16,20,28H,3-4,17-19,21-22H2,1-2H3,(H,32,35)/t28-/m1/s1. The number of carbonyl (C=O) groups excluding carboxylic acids is 2. The Hall–Kier alpha value is -2.92. The summed E-state index contributed by atoms with van der Waals surface area (Å²) in [6.45, 7) is 5.13. The first-order chi connectivity index (χ1) is 17.0. The Morgan fingerprint density at radius 2 is 1.54 bits per heavy atom. The molecule has 0 spiro atoms. The number of nitrogens with zero attached hydrogens (tertiary/aromatic N) is 1. The summed E-state index contributed by atoms with van der Waals surface area (Å²) in [7, 11) is 0. The summed E-state index contributed by atoms with van der Waals surface area (Å²) < 4.78 is 0.952. The first-order valence-corrected chi connectivity index (χ1v) is 13.2. The van der Waals surface area contributed by atoms with E-state index in [-0.39, 0.29) is 11.8 Å². The van der Waals surface area contributed by atoms with E-state index in [0.717, 1.165) is 34.0 Å². The fourth-order valence-electron chi connectivity index (χ4n) is 4.09. The van der Waals surface area contributed by atoms with Crippen LogP contribution in [0, 0.1) is 0 Å². The van der Waals surface area contributed by atoms with Crippen LogP contribution >= 0.6 is 15.9 Å². The molecule has 0 unspecified atom stereocenters. The molecule has 0 saturated carbocycles. The van der Waals surface area contributed by atoms with Crippen LogP contribution in [0.3, 0.4) is 0 Å². The van der Waals surface area contributed by atoms with Crippen LogP contribution in [0.2, 0.25) is 0 Å². The van der Waals surface area contributed by atoms with Crippen molar-refractivity contribution >= 4 is 27.7 Å². The number of hydrogen-bond donors (Lipinski definition) is 1. The van der Waals surface area contributed by atoms with Gasteiger partial charge >= 0.3 is 0 Å². The minimum absolute atomic E-state index is 0.0166. The molecule has 0 bridgehead atoms. The van der Waals surface area contributed by atoms with Crippen LogP contribution in [-0.4, -0.2) is 29.3 Å². The van der Waals surface area contributed by atoms with E-state index < -0.39 is 6.04 Å². The average molecular weight is 536 g/mol. The van der Waals surface area contributed by atoms with Gasteiger partial charge in [0.05, 0.1) is 0 Å². The number of rotatable bonds is 12. The molecule has 3 rings (SSSR count). The molecule has 0 saturated heterocycles. The SMILES string of the molecule is CCCNC(=O)[C@@H](Cc1ccccc1)N(Cc1cccc(Br)c1)C(=O)CCc1ccc(CC)cc1. The molecular weight excluding hydrogens is 500 g/mol. The lowest BCUT2D eigenvalue weighted by Gasteiger charge is -2.31. The molecule has 4 nitrogen and oxygen atoms in total. The Morgan fingerprint density at radius 3 is 2.20 bits per heavy atom. The minimum Gasteiger partial charge on any atom is -0.354 e. The summed E-state index contributed by atoms with van der Waals surface area (Å²) in [6, 6.07) is 25.7. The summed E-state index contributed by atoms with van der Waals surface area (Å²) in [5.41, 5.74) is 4.44. The molecule has 0 aliphatic heterocycles. The highest BCUT2D eigenvalue weighted by Crippen LogP contribution is 2.19. The summed E-state index contributed by atoms with van der Waals surface area (Å²) in [6.07, 6.45) is 3.31.